The molecule has 0 spiro atoms. The molecular formula is C15H16N4. The Kier molecular flexibility index (Phi) is 2.80. The lowest BCUT2D eigenvalue weighted by Gasteiger charge is -2.11. The molecule has 1 aromatic carbocycles. The second kappa shape index (κ2) is 4.48. The highest BCUT2D eigenvalue weighted by molar-refractivity contribution is 5.85. The summed E-state index contributed by atoms with van der Waals surface area (Å²) in [6.45, 7) is 1.99. The lowest BCUT2D eigenvalue weighted by atomic mass is 10.0. The van der Waals surface area contributed by atoms with Crippen LogP contribution in [0.3, 0.4) is 0 Å². The first-order chi connectivity index (χ1) is 9.15. The Hall–Kier alpha value is -2.20. The van der Waals surface area contributed by atoms with Crippen LogP contribution in [0, 0.1) is 0 Å². The topological polar surface area (TPSA) is 56.7 Å². The first-order valence-corrected chi connectivity index (χ1v) is 6.29. The highest BCUT2D eigenvalue weighted by Crippen LogP contribution is 2.27. The zero-order valence-electron chi connectivity index (χ0n) is 11.0. The summed E-state index contributed by atoms with van der Waals surface area (Å²) in [4.78, 5) is 4.69. The van der Waals surface area contributed by atoms with E-state index in [1.165, 1.54) is 0 Å². The van der Waals surface area contributed by atoms with Gasteiger partial charge in [-0.25, -0.2) is 4.98 Å². The van der Waals surface area contributed by atoms with Crippen LogP contribution in [0.4, 0.5) is 0 Å². The molecule has 0 saturated heterocycles. The molecule has 0 fully saturated rings. The van der Waals surface area contributed by atoms with Gasteiger partial charge in [-0.15, -0.1) is 0 Å². The minimum absolute atomic E-state index is 0.0247. The Morgan fingerprint density at radius 1 is 1.26 bits per heavy atom. The Bertz CT molecular complexity index is 728. The molecule has 4 heteroatoms. The molecular weight excluding hydrogens is 236 g/mol. The fourth-order valence-corrected chi connectivity index (χ4v) is 2.28. The number of pyridine rings is 1. The van der Waals surface area contributed by atoms with Crippen molar-refractivity contribution in [3.63, 3.8) is 0 Å². The molecule has 2 N–H and O–H groups in total. The third-order valence-electron chi connectivity index (χ3n) is 3.24. The van der Waals surface area contributed by atoms with E-state index in [1.54, 1.807) is 4.68 Å². The Labute approximate surface area is 111 Å². The van der Waals surface area contributed by atoms with Gasteiger partial charge in [0.25, 0.3) is 0 Å². The number of nitrogens with two attached hydrogens (primary N) is 1. The number of hydrogen-bond donors (Lipinski definition) is 1. The lowest BCUT2D eigenvalue weighted by molar-refractivity contribution is 0.768. The number of nitrogens with zero attached hydrogens (tertiary/aromatic N) is 3. The highest BCUT2D eigenvalue weighted by atomic mass is 15.2. The van der Waals surface area contributed by atoms with Crippen molar-refractivity contribution in [1.29, 1.82) is 0 Å². The van der Waals surface area contributed by atoms with Gasteiger partial charge >= 0.3 is 0 Å². The molecule has 0 amide bonds. The maximum atomic E-state index is 6.08. The molecule has 96 valence electrons. The summed E-state index contributed by atoms with van der Waals surface area (Å²) >= 11 is 0. The quantitative estimate of drug-likeness (QED) is 0.762. The van der Waals surface area contributed by atoms with Crippen LogP contribution < -0.4 is 5.73 Å². The van der Waals surface area contributed by atoms with Crippen LogP contribution in [-0.4, -0.2) is 14.8 Å². The van der Waals surface area contributed by atoms with Crippen molar-refractivity contribution < 1.29 is 0 Å². The summed E-state index contributed by atoms with van der Waals surface area (Å²) in [6.07, 6.45) is 3.78. The number of hydrogen-bond acceptors (Lipinski definition) is 3. The molecule has 3 rings (SSSR count). The van der Waals surface area contributed by atoms with Gasteiger partial charge in [0.2, 0.25) is 0 Å². The van der Waals surface area contributed by atoms with E-state index in [9.17, 15) is 0 Å². The van der Waals surface area contributed by atoms with Gasteiger partial charge < -0.3 is 5.73 Å². The van der Waals surface area contributed by atoms with Crippen molar-refractivity contribution in [3.8, 4) is 11.3 Å². The van der Waals surface area contributed by atoms with Crippen molar-refractivity contribution >= 4 is 10.9 Å². The van der Waals surface area contributed by atoms with Crippen LogP contribution in [0.25, 0.3) is 22.2 Å². The van der Waals surface area contributed by atoms with E-state index < -0.39 is 0 Å². The molecule has 3 aromatic rings. The molecule has 19 heavy (non-hydrogen) atoms. The summed E-state index contributed by atoms with van der Waals surface area (Å²) < 4.78 is 1.78. The Balaban J connectivity index is 2.27. The Morgan fingerprint density at radius 3 is 2.74 bits per heavy atom. The fourth-order valence-electron chi connectivity index (χ4n) is 2.28. The second-order valence-corrected chi connectivity index (χ2v) is 4.81. The summed E-state index contributed by atoms with van der Waals surface area (Å²) in [5.74, 6) is 0. The van der Waals surface area contributed by atoms with E-state index >= 15 is 0 Å². The second-order valence-electron chi connectivity index (χ2n) is 4.81. The van der Waals surface area contributed by atoms with Crippen LogP contribution in [0.15, 0.2) is 42.7 Å². The summed E-state index contributed by atoms with van der Waals surface area (Å²) in [7, 11) is 1.90. The van der Waals surface area contributed by atoms with Crippen LogP contribution in [-0.2, 0) is 7.05 Å². The largest absolute Gasteiger partial charge is 0.324 e. The standard InChI is InChI=1S/C15H16N4/c1-10(16)13-7-15(11-8-17-19(2)9-11)18-14-6-4-3-5-12(13)14/h3-10H,16H2,1-2H3/t10-/m1/s1. The monoisotopic (exact) mass is 252 g/mol. The van der Waals surface area contributed by atoms with Gasteiger partial charge in [0, 0.05) is 30.2 Å². The predicted molar refractivity (Wildman–Crippen MR) is 76.5 cm³/mol. The summed E-state index contributed by atoms with van der Waals surface area (Å²) in [5.41, 5.74) is 10.1. The molecule has 0 unspecified atom stereocenters. The number of para-hydroxylation sites is 1. The lowest BCUT2D eigenvalue weighted by Crippen LogP contribution is -2.06. The smallest absolute Gasteiger partial charge is 0.0744 e. The molecule has 0 radical (unpaired) electrons. The first kappa shape index (κ1) is 11.9. The van der Waals surface area contributed by atoms with E-state index in [2.05, 4.69) is 17.2 Å². The molecule has 0 aliphatic rings. The number of aryl methyl sites for hydroxylation is 1. The fraction of sp³-hybridized carbons (Fsp3) is 0.200. The Morgan fingerprint density at radius 2 is 2.05 bits per heavy atom. The van der Waals surface area contributed by atoms with Gasteiger partial charge in [0.15, 0.2) is 0 Å². The van der Waals surface area contributed by atoms with E-state index in [-0.39, 0.29) is 6.04 Å². The van der Waals surface area contributed by atoms with Gasteiger partial charge in [0.05, 0.1) is 17.4 Å². The summed E-state index contributed by atoms with van der Waals surface area (Å²) in [5, 5.41) is 5.31. The van der Waals surface area contributed by atoms with Crippen molar-refractivity contribution in [2.75, 3.05) is 0 Å². The number of benzene rings is 1. The van der Waals surface area contributed by atoms with Crippen molar-refractivity contribution in [2.24, 2.45) is 12.8 Å². The zero-order chi connectivity index (χ0) is 13.4. The van der Waals surface area contributed by atoms with Gasteiger partial charge in [-0.2, -0.15) is 5.10 Å². The average molecular weight is 252 g/mol. The van der Waals surface area contributed by atoms with E-state index in [4.69, 9.17) is 10.7 Å². The van der Waals surface area contributed by atoms with Crippen LogP contribution in [0.5, 0.6) is 0 Å². The number of fused-ring (bicyclic) bond motifs is 1. The normalized spacial score (nSPS) is 12.8. The molecule has 0 bridgehead atoms. The van der Waals surface area contributed by atoms with Crippen molar-refractivity contribution in [3.05, 3.63) is 48.3 Å². The van der Waals surface area contributed by atoms with Crippen molar-refractivity contribution in [2.45, 2.75) is 13.0 Å². The van der Waals surface area contributed by atoms with Gasteiger partial charge in [-0.05, 0) is 24.6 Å². The predicted octanol–water partition coefficient (Wildman–Crippen LogP) is 2.66. The van der Waals surface area contributed by atoms with Gasteiger partial charge in [0.1, 0.15) is 0 Å². The first-order valence-electron chi connectivity index (χ1n) is 6.29. The SMILES string of the molecule is C[C@@H](N)c1cc(-c2cnn(C)c2)nc2ccccc12. The van der Waals surface area contributed by atoms with Crippen LogP contribution in [0.1, 0.15) is 18.5 Å². The third kappa shape index (κ3) is 2.11. The van der Waals surface area contributed by atoms with E-state index in [0.717, 1.165) is 27.7 Å². The minimum Gasteiger partial charge on any atom is -0.324 e. The van der Waals surface area contributed by atoms with E-state index in [0.29, 0.717) is 0 Å². The van der Waals surface area contributed by atoms with Crippen LogP contribution >= 0.6 is 0 Å². The minimum atomic E-state index is -0.0247. The van der Waals surface area contributed by atoms with E-state index in [1.807, 2.05) is 44.6 Å². The van der Waals surface area contributed by atoms with Crippen LogP contribution in [0.2, 0.25) is 0 Å². The molecule has 4 nitrogen and oxygen atoms in total. The van der Waals surface area contributed by atoms with Crippen molar-refractivity contribution in [1.82, 2.24) is 14.8 Å². The maximum absolute atomic E-state index is 6.08. The molecule has 0 saturated carbocycles. The van der Waals surface area contributed by atoms with Gasteiger partial charge in [-0.3, -0.25) is 4.68 Å². The number of rotatable bonds is 2. The molecule has 2 aromatic heterocycles. The number of aromatic nitrogens is 3. The third-order valence-corrected chi connectivity index (χ3v) is 3.24. The maximum Gasteiger partial charge on any atom is 0.0744 e. The average Bonchev–Trinajstić information content (AvgIpc) is 2.84. The molecule has 0 aliphatic carbocycles. The summed E-state index contributed by atoms with van der Waals surface area (Å²) in [6, 6.07) is 10.1. The molecule has 1 atom stereocenters. The molecule has 2 heterocycles. The van der Waals surface area contributed by atoms with Gasteiger partial charge in [-0.1, -0.05) is 18.2 Å². The highest BCUT2D eigenvalue weighted by Gasteiger charge is 2.11. The zero-order valence-corrected chi connectivity index (χ0v) is 11.0. The molecule has 0 aliphatic heterocycles.